The lowest BCUT2D eigenvalue weighted by Gasteiger charge is -2.07. The molecule has 8 heteroatoms. The van der Waals surface area contributed by atoms with Crippen molar-refractivity contribution < 1.29 is 18.0 Å². The molecule has 1 aromatic carbocycles. The van der Waals surface area contributed by atoms with Gasteiger partial charge in [0.05, 0.1) is 13.0 Å². The van der Waals surface area contributed by atoms with Crippen LogP contribution in [0.25, 0.3) is 0 Å². The summed E-state index contributed by atoms with van der Waals surface area (Å²) in [6.07, 6.45) is 0.165. The van der Waals surface area contributed by atoms with E-state index in [4.69, 9.17) is 4.84 Å². The summed E-state index contributed by atoms with van der Waals surface area (Å²) in [6, 6.07) is 9.84. The van der Waals surface area contributed by atoms with E-state index in [-0.39, 0.29) is 16.5 Å². The van der Waals surface area contributed by atoms with Gasteiger partial charge in [-0.25, -0.2) is 13.9 Å². The number of hydrogen-bond donors (Lipinski definition) is 2. The van der Waals surface area contributed by atoms with Crippen LogP contribution in [0.4, 0.5) is 5.69 Å². The van der Waals surface area contributed by atoms with Crippen molar-refractivity contribution in [2.45, 2.75) is 17.6 Å². The SMILES string of the molecule is CCONC(=O)Cc1ccc(NS(=O)(=O)c2cccs2)cc1. The number of rotatable bonds is 7. The average Bonchev–Trinajstić information content (AvgIpc) is 3.02. The van der Waals surface area contributed by atoms with Gasteiger partial charge in [-0.2, -0.15) is 0 Å². The van der Waals surface area contributed by atoms with Crippen LogP contribution in [0.1, 0.15) is 12.5 Å². The molecule has 6 nitrogen and oxygen atoms in total. The molecule has 0 spiro atoms. The molecule has 1 aromatic heterocycles. The van der Waals surface area contributed by atoms with Crippen molar-refractivity contribution in [1.29, 1.82) is 0 Å². The minimum absolute atomic E-state index is 0.165. The number of hydrogen-bond acceptors (Lipinski definition) is 5. The average molecular weight is 340 g/mol. The topological polar surface area (TPSA) is 84.5 Å². The van der Waals surface area contributed by atoms with Crippen LogP contribution in [0.5, 0.6) is 0 Å². The van der Waals surface area contributed by atoms with E-state index in [0.29, 0.717) is 12.3 Å². The van der Waals surface area contributed by atoms with Gasteiger partial charge in [-0.3, -0.25) is 14.4 Å². The van der Waals surface area contributed by atoms with Crippen molar-refractivity contribution in [3.8, 4) is 0 Å². The Balaban J connectivity index is 1.99. The minimum atomic E-state index is -3.55. The van der Waals surface area contributed by atoms with Crippen LogP contribution in [0.3, 0.4) is 0 Å². The number of sulfonamides is 1. The van der Waals surface area contributed by atoms with Gasteiger partial charge in [0.15, 0.2) is 0 Å². The van der Waals surface area contributed by atoms with Crippen LogP contribution in [-0.2, 0) is 26.1 Å². The Labute approximate surface area is 133 Å². The number of carbonyl (C=O) groups is 1. The lowest BCUT2D eigenvalue weighted by molar-refractivity contribution is -0.132. The van der Waals surface area contributed by atoms with Gasteiger partial charge in [0, 0.05) is 5.69 Å². The normalized spacial score (nSPS) is 11.1. The van der Waals surface area contributed by atoms with E-state index in [9.17, 15) is 13.2 Å². The van der Waals surface area contributed by atoms with E-state index < -0.39 is 10.0 Å². The molecular formula is C14H16N2O4S2. The molecule has 0 aliphatic heterocycles. The molecule has 0 fully saturated rings. The van der Waals surface area contributed by atoms with Crippen molar-refractivity contribution in [1.82, 2.24) is 5.48 Å². The van der Waals surface area contributed by atoms with Gasteiger partial charge in [-0.05, 0) is 36.1 Å². The summed E-state index contributed by atoms with van der Waals surface area (Å²) in [5, 5.41) is 1.70. The third-order valence-electron chi connectivity index (χ3n) is 2.66. The summed E-state index contributed by atoms with van der Waals surface area (Å²) >= 11 is 1.15. The first-order valence-electron chi connectivity index (χ1n) is 6.57. The van der Waals surface area contributed by atoms with E-state index in [1.807, 2.05) is 0 Å². The molecule has 22 heavy (non-hydrogen) atoms. The van der Waals surface area contributed by atoms with Crippen molar-refractivity contribution in [3.05, 3.63) is 47.3 Å². The van der Waals surface area contributed by atoms with Crippen molar-refractivity contribution in [2.24, 2.45) is 0 Å². The molecule has 118 valence electrons. The van der Waals surface area contributed by atoms with E-state index >= 15 is 0 Å². The maximum atomic E-state index is 12.1. The highest BCUT2D eigenvalue weighted by Gasteiger charge is 2.15. The zero-order valence-corrected chi connectivity index (χ0v) is 13.5. The number of nitrogens with one attached hydrogen (secondary N) is 2. The van der Waals surface area contributed by atoms with E-state index in [1.54, 1.807) is 48.7 Å². The summed E-state index contributed by atoms with van der Waals surface area (Å²) < 4.78 is 26.9. The highest BCUT2D eigenvalue weighted by molar-refractivity contribution is 7.94. The second kappa shape index (κ2) is 7.39. The Morgan fingerprint density at radius 1 is 1.23 bits per heavy atom. The second-order valence-corrected chi connectivity index (χ2v) is 7.23. The first-order chi connectivity index (χ1) is 10.5. The molecule has 1 amide bonds. The predicted molar refractivity (Wildman–Crippen MR) is 85.0 cm³/mol. The molecule has 0 radical (unpaired) electrons. The molecule has 0 saturated heterocycles. The smallest absolute Gasteiger partial charge is 0.271 e. The van der Waals surface area contributed by atoms with E-state index in [0.717, 1.165) is 16.9 Å². The maximum Gasteiger partial charge on any atom is 0.271 e. The summed E-state index contributed by atoms with van der Waals surface area (Å²) in [4.78, 5) is 16.3. The Hall–Kier alpha value is -1.90. The van der Waals surface area contributed by atoms with Crippen molar-refractivity contribution >= 4 is 33.0 Å². The Morgan fingerprint density at radius 2 is 1.95 bits per heavy atom. The molecule has 2 N–H and O–H groups in total. The summed E-state index contributed by atoms with van der Waals surface area (Å²) in [5.74, 6) is -0.256. The first-order valence-corrected chi connectivity index (χ1v) is 8.93. The van der Waals surface area contributed by atoms with Crippen LogP contribution in [0.15, 0.2) is 46.0 Å². The maximum absolute atomic E-state index is 12.1. The third kappa shape index (κ3) is 4.55. The third-order valence-corrected chi connectivity index (χ3v) is 5.44. The quantitative estimate of drug-likeness (QED) is 0.757. The number of anilines is 1. The van der Waals surface area contributed by atoms with Gasteiger partial charge < -0.3 is 0 Å². The standard InChI is InChI=1S/C14H16N2O4S2/c1-2-20-15-13(17)10-11-5-7-12(8-6-11)16-22(18,19)14-4-3-9-21-14/h3-9,16H,2,10H2,1H3,(H,15,17). The van der Waals surface area contributed by atoms with Gasteiger partial charge in [-0.1, -0.05) is 18.2 Å². The lowest BCUT2D eigenvalue weighted by Crippen LogP contribution is -2.25. The number of amides is 1. The lowest BCUT2D eigenvalue weighted by atomic mass is 10.1. The second-order valence-electron chi connectivity index (χ2n) is 4.37. The molecule has 0 aliphatic carbocycles. The van der Waals surface area contributed by atoms with Crippen LogP contribution in [0.2, 0.25) is 0 Å². The number of thiophene rings is 1. The summed E-state index contributed by atoms with van der Waals surface area (Å²) in [6.45, 7) is 2.17. The molecule has 0 atom stereocenters. The Bertz CT molecular complexity index is 710. The Morgan fingerprint density at radius 3 is 2.55 bits per heavy atom. The molecule has 1 heterocycles. The Kier molecular flexibility index (Phi) is 5.53. The summed E-state index contributed by atoms with van der Waals surface area (Å²) in [5.41, 5.74) is 3.51. The molecular weight excluding hydrogens is 324 g/mol. The van der Waals surface area contributed by atoms with E-state index in [1.165, 1.54) is 0 Å². The van der Waals surface area contributed by atoms with Crippen molar-refractivity contribution in [3.63, 3.8) is 0 Å². The van der Waals surface area contributed by atoms with Crippen LogP contribution >= 0.6 is 11.3 Å². The fourth-order valence-corrected chi connectivity index (χ4v) is 3.74. The largest absolute Gasteiger partial charge is 0.279 e. The highest BCUT2D eigenvalue weighted by Crippen LogP contribution is 2.20. The number of carbonyl (C=O) groups excluding carboxylic acids is 1. The van der Waals surface area contributed by atoms with E-state index in [2.05, 4.69) is 10.2 Å². The fraction of sp³-hybridized carbons (Fsp3) is 0.214. The summed E-state index contributed by atoms with van der Waals surface area (Å²) in [7, 11) is -3.55. The van der Waals surface area contributed by atoms with Crippen LogP contribution < -0.4 is 10.2 Å². The molecule has 0 unspecified atom stereocenters. The van der Waals surface area contributed by atoms with Crippen LogP contribution in [0, 0.1) is 0 Å². The van der Waals surface area contributed by atoms with Gasteiger partial charge in [-0.15, -0.1) is 11.3 Å². The number of hydroxylamine groups is 1. The zero-order valence-electron chi connectivity index (χ0n) is 11.9. The molecule has 2 aromatic rings. The van der Waals surface area contributed by atoms with Gasteiger partial charge in [0.2, 0.25) is 5.91 Å². The minimum Gasteiger partial charge on any atom is -0.279 e. The first kappa shape index (κ1) is 16.5. The van der Waals surface area contributed by atoms with Crippen LogP contribution in [-0.4, -0.2) is 20.9 Å². The zero-order chi connectivity index (χ0) is 16.0. The van der Waals surface area contributed by atoms with Gasteiger partial charge in [0.25, 0.3) is 10.0 Å². The van der Waals surface area contributed by atoms with Gasteiger partial charge >= 0.3 is 0 Å². The molecule has 0 saturated carbocycles. The monoisotopic (exact) mass is 340 g/mol. The van der Waals surface area contributed by atoms with Crippen molar-refractivity contribution in [2.75, 3.05) is 11.3 Å². The number of benzene rings is 1. The molecule has 0 bridgehead atoms. The fourth-order valence-electron chi connectivity index (χ4n) is 1.69. The molecule has 2 rings (SSSR count). The molecule has 0 aliphatic rings. The predicted octanol–water partition coefficient (Wildman–Crippen LogP) is 2.16. The highest BCUT2D eigenvalue weighted by atomic mass is 32.2. The van der Waals surface area contributed by atoms with Gasteiger partial charge in [0.1, 0.15) is 4.21 Å².